The largest absolute Gasteiger partial charge is 0.386 e. The molecule has 1 spiro atoms. The summed E-state index contributed by atoms with van der Waals surface area (Å²) in [4.78, 5) is 0. The Morgan fingerprint density at radius 3 is 2.55 bits per heavy atom. The first-order valence-corrected chi connectivity index (χ1v) is 11.2. The maximum atomic E-state index is 11.9. The van der Waals surface area contributed by atoms with Gasteiger partial charge in [0.15, 0.2) is 5.79 Å². The van der Waals surface area contributed by atoms with Crippen LogP contribution in [0.3, 0.4) is 0 Å². The van der Waals surface area contributed by atoms with Crippen LogP contribution in [0.1, 0.15) is 65.2 Å². The molecule has 1 aliphatic heterocycles. The summed E-state index contributed by atoms with van der Waals surface area (Å²) in [5.74, 6) is 6.13. The highest BCUT2D eigenvalue weighted by Crippen LogP contribution is 2.66. The van der Waals surface area contributed by atoms with Crippen LogP contribution in [0, 0.1) is 29.1 Å². The highest BCUT2D eigenvalue weighted by atomic mass is 16.7. The average molecular weight is 403 g/mol. The van der Waals surface area contributed by atoms with E-state index in [1.807, 2.05) is 6.92 Å². The topological polar surface area (TPSA) is 68.2 Å². The molecule has 5 rings (SSSR count). The summed E-state index contributed by atoms with van der Waals surface area (Å²) < 4.78 is 18.1. The van der Waals surface area contributed by atoms with E-state index in [2.05, 4.69) is 24.8 Å². The van der Waals surface area contributed by atoms with Crippen molar-refractivity contribution in [3.8, 4) is 11.8 Å². The third-order valence-electron chi connectivity index (χ3n) is 9.21. The van der Waals surface area contributed by atoms with Crippen LogP contribution in [0.2, 0.25) is 0 Å². The Labute approximate surface area is 173 Å². The summed E-state index contributed by atoms with van der Waals surface area (Å²) in [6.45, 7) is 5.21. The van der Waals surface area contributed by atoms with Gasteiger partial charge in [-0.05, 0) is 62.9 Å². The molecule has 3 saturated carbocycles. The minimum Gasteiger partial charge on any atom is -0.386 e. The fourth-order valence-electron chi connectivity index (χ4n) is 7.69. The second-order valence-corrected chi connectivity index (χ2v) is 10.2. The standard InChI is InChI=1S/C24H34O5/c1-4-8-21(25)11-7-18-17-5-10-22(26)16-23(28-14-15-29-23)12-13-24(22,27-3)19(17)6-9-20(18,21)2/h6,17-18,25-26H,5,7,9-16H2,1-3H3. The van der Waals surface area contributed by atoms with Crippen LogP contribution >= 0.6 is 0 Å². The average Bonchev–Trinajstić information content (AvgIpc) is 3.24. The van der Waals surface area contributed by atoms with Crippen molar-refractivity contribution in [3.63, 3.8) is 0 Å². The van der Waals surface area contributed by atoms with Gasteiger partial charge in [0.2, 0.25) is 0 Å². The molecule has 0 aromatic heterocycles. The smallest absolute Gasteiger partial charge is 0.171 e. The normalized spacial score (nSPS) is 50.2. The van der Waals surface area contributed by atoms with Gasteiger partial charge in [-0.15, -0.1) is 5.92 Å². The van der Waals surface area contributed by atoms with Crippen LogP contribution in [-0.4, -0.2) is 53.1 Å². The summed E-state index contributed by atoms with van der Waals surface area (Å²) in [5, 5.41) is 23.3. The Balaban J connectivity index is 1.54. The van der Waals surface area contributed by atoms with E-state index in [9.17, 15) is 10.2 Å². The van der Waals surface area contributed by atoms with Crippen molar-refractivity contribution in [1.29, 1.82) is 0 Å². The van der Waals surface area contributed by atoms with E-state index in [0.29, 0.717) is 44.3 Å². The highest BCUT2D eigenvalue weighted by Gasteiger charge is 2.68. The van der Waals surface area contributed by atoms with Crippen molar-refractivity contribution < 1.29 is 24.4 Å². The first-order valence-electron chi connectivity index (χ1n) is 11.2. The highest BCUT2D eigenvalue weighted by molar-refractivity contribution is 5.38. The maximum absolute atomic E-state index is 11.9. The number of methoxy groups -OCH3 is 1. The van der Waals surface area contributed by atoms with Crippen LogP contribution < -0.4 is 0 Å². The molecular formula is C24H34O5. The molecule has 0 amide bonds. The molecule has 4 fully saturated rings. The van der Waals surface area contributed by atoms with Crippen molar-refractivity contribution in [1.82, 2.24) is 0 Å². The molecule has 6 unspecified atom stereocenters. The van der Waals surface area contributed by atoms with E-state index < -0.39 is 22.6 Å². The lowest BCUT2D eigenvalue weighted by atomic mass is 9.50. The van der Waals surface area contributed by atoms with Crippen molar-refractivity contribution in [2.75, 3.05) is 20.3 Å². The summed E-state index contributed by atoms with van der Waals surface area (Å²) in [6, 6.07) is 0. The predicted molar refractivity (Wildman–Crippen MR) is 108 cm³/mol. The van der Waals surface area contributed by atoms with Gasteiger partial charge in [-0.3, -0.25) is 0 Å². The zero-order valence-electron chi connectivity index (χ0n) is 17.9. The predicted octanol–water partition coefficient (Wildman–Crippen LogP) is 2.94. The lowest BCUT2D eigenvalue weighted by Crippen LogP contribution is -2.68. The molecule has 5 aliphatic rings. The van der Waals surface area contributed by atoms with Gasteiger partial charge in [0.05, 0.1) is 13.2 Å². The minimum absolute atomic E-state index is 0.248. The van der Waals surface area contributed by atoms with E-state index in [4.69, 9.17) is 14.2 Å². The van der Waals surface area contributed by atoms with E-state index in [1.54, 1.807) is 7.11 Å². The molecule has 0 aromatic rings. The molecular weight excluding hydrogens is 368 g/mol. The van der Waals surface area contributed by atoms with Crippen molar-refractivity contribution >= 4 is 0 Å². The molecule has 6 atom stereocenters. The van der Waals surface area contributed by atoms with E-state index in [0.717, 1.165) is 32.1 Å². The number of fused-ring (bicyclic) bond motifs is 5. The van der Waals surface area contributed by atoms with Crippen LogP contribution in [0.5, 0.6) is 0 Å². The Morgan fingerprint density at radius 1 is 1.10 bits per heavy atom. The van der Waals surface area contributed by atoms with Crippen molar-refractivity contribution in [3.05, 3.63) is 11.6 Å². The van der Waals surface area contributed by atoms with E-state index >= 15 is 0 Å². The summed E-state index contributed by atoms with van der Waals surface area (Å²) in [6.07, 6.45) is 8.21. The van der Waals surface area contributed by atoms with Gasteiger partial charge in [-0.1, -0.05) is 18.9 Å². The SMILES string of the molecule is CC#CC1(O)CCC2C3CCC4(O)CC5(CCC4(OC)C3=CCC21C)OCCO5. The Bertz CT molecular complexity index is 789. The summed E-state index contributed by atoms with van der Waals surface area (Å²) >= 11 is 0. The minimum atomic E-state index is -0.988. The second-order valence-electron chi connectivity index (χ2n) is 10.2. The van der Waals surface area contributed by atoms with Gasteiger partial charge in [0, 0.05) is 25.4 Å². The van der Waals surface area contributed by atoms with Gasteiger partial charge < -0.3 is 24.4 Å². The summed E-state index contributed by atoms with van der Waals surface area (Å²) in [5.41, 5.74) is -1.60. The van der Waals surface area contributed by atoms with Gasteiger partial charge in [-0.2, -0.15) is 0 Å². The number of rotatable bonds is 1. The number of ether oxygens (including phenoxy) is 3. The zero-order chi connectivity index (χ0) is 20.5. The van der Waals surface area contributed by atoms with Crippen LogP contribution in [0.25, 0.3) is 0 Å². The summed E-state index contributed by atoms with van der Waals surface area (Å²) in [7, 11) is 1.74. The Hall–Kier alpha value is -0.900. The first-order chi connectivity index (χ1) is 13.8. The monoisotopic (exact) mass is 402 g/mol. The van der Waals surface area contributed by atoms with Crippen LogP contribution in [0.4, 0.5) is 0 Å². The quantitative estimate of drug-likeness (QED) is 0.521. The number of aliphatic hydroxyl groups is 2. The first kappa shape index (κ1) is 20.0. The van der Waals surface area contributed by atoms with E-state index in [1.165, 1.54) is 5.57 Å². The molecule has 2 N–H and O–H groups in total. The molecule has 0 bridgehead atoms. The lowest BCUT2D eigenvalue weighted by Gasteiger charge is -2.61. The molecule has 5 nitrogen and oxygen atoms in total. The van der Waals surface area contributed by atoms with Crippen LogP contribution in [0.15, 0.2) is 11.6 Å². The molecule has 1 saturated heterocycles. The third kappa shape index (κ3) is 2.41. The molecule has 160 valence electrons. The molecule has 0 radical (unpaired) electrons. The number of allylic oxidation sites excluding steroid dienone is 1. The fourth-order valence-corrected chi connectivity index (χ4v) is 7.69. The molecule has 1 heterocycles. The lowest BCUT2D eigenvalue weighted by molar-refractivity contribution is -0.281. The molecule has 0 aromatic carbocycles. The van der Waals surface area contributed by atoms with Crippen molar-refractivity contribution in [2.24, 2.45) is 17.3 Å². The van der Waals surface area contributed by atoms with Gasteiger partial charge in [0.25, 0.3) is 0 Å². The van der Waals surface area contributed by atoms with Gasteiger partial charge in [-0.25, -0.2) is 0 Å². The third-order valence-corrected chi connectivity index (χ3v) is 9.21. The molecule has 29 heavy (non-hydrogen) atoms. The van der Waals surface area contributed by atoms with Gasteiger partial charge >= 0.3 is 0 Å². The van der Waals surface area contributed by atoms with Crippen LogP contribution in [-0.2, 0) is 14.2 Å². The van der Waals surface area contributed by atoms with Crippen molar-refractivity contribution in [2.45, 2.75) is 87.8 Å². The zero-order valence-corrected chi connectivity index (χ0v) is 17.9. The van der Waals surface area contributed by atoms with E-state index in [-0.39, 0.29) is 5.41 Å². The molecule has 4 aliphatic carbocycles. The van der Waals surface area contributed by atoms with Gasteiger partial charge in [0.1, 0.15) is 16.8 Å². The second kappa shape index (κ2) is 6.31. The number of hydrogen-bond donors (Lipinski definition) is 2. The Morgan fingerprint density at radius 2 is 1.86 bits per heavy atom. The fraction of sp³-hybridized carbons (Fsp3) is 0.833. The number of hydrogen-bond acceptors (Lipinski definition) is 5. The maximum Gasteiger partial charge on any atom is 0.171 e. The molecule has 5 heteroatoms. The Kier molecular flexibility index (Phi) is 4.36.